The van der Waals surface area contributed by atoms with E-state index in [1.165, 1.54) is 11.3 Å². The van der Waals surface area contributed by atoms with E-state index in [2.05, 4.69) is 4.98 Å². The number of esters is 1. The molecule has 0 radical (unpaired) electrons. The van der Waals surface area contributed by atoms with Gasteiger partial charge in [-0.25, -0.2) is 14.5 Å². The molecule has 0 amide bonds. The van der Waals surface area contributed by atoms with Crippen molar-refractivity contribution in [1.29, 1.82) is 0 Å². The average molecular weight is 420 g/mol. The van der Waals surface area contributed by atoms with Crippen LogP contribution >= 0.6 is 11.3 Å². The molecule has 0 aliphatic heterocycles. The van der Waals surface area contributed by atoms with Gasteiger partial charge in [-0.3, -0.25) is 0 Å². The summed E-state index contributed by atoms with van der Waals surface area (Å²) in [5.74, 6) is -0.448. The summed E-state index contributed by atoms with van der Waals surface area (Å²) in [5, 5.41) is 16.7. The third-order valence-corrected chi connectivity index (χ3v) is 5.53. The smallest absolute Gasteiger partial charge is 0.357 e. The molecule has 0 aliphatic rings. The molecular formula is C23H21N3O3S. The summed E-state index contributed by atoms with van der Waals surface area (Å²) in [7, 11) is 0. The maximum atomic E-state index is 12.1. The Hall–Kier alpha value is -3.29. The summed E-state index contributed by atoms with van der Waals surface area (Å²) in [6, 6.07) is 17.6. The monoisotopic (exact) mass is 419 g/mol. The van der Waals surface area contributed by atoms with Crippen molar-refractivity contribution in [3.63, 3.8) is 0 Å². The van der Waals surface area contributed by atoms with Crippen LogP contribution in [0.3, 0.4) is 0 Å². The van der Waals surface area contributed by atoms with Crippen LogP contribution in [0.5, 0.6) is 0 Å². The van der Waals surface area contributed by atoms with Crippen LogP contribution in [0.25, 0.3) is 27.6 Å². The van der Waals surface area contributed by atoms with E-state index >= 15 is 0 Å². The molecule has 7 heteroatoms. The van der Waals surface area contributed by atoms with Crippen LogP contribution in [-0.2, 0) is 11.3 Å². The Labute approximate surface area is 178 Å². The first-order valence-electron chi connectivity index (χ1n) is 9.60. The minimum absolute atomic E-state index is 0.0448. The standard InChI is InChI=1S/C23H21N3O3S/c1-3-29-22(28)19-14-30-23(24-19)26-21(18-11-7-8-16(12-18)13-27)15(2)20(25-26)17-9-5-4-6-10-17/h4-12,14,27H,3,13H2,1-2H3. The maximum Gasteiger partial charge on any atom is 0.357 e. The fourth-order valence-electron chi connectivity index (χ4n) is 3.32. The van der Waals surface area contributed by atoms with Gasteiger partial charge in [-0.2, -0.15) is 5.10 Å². The van der Waals surface area contributed by atoms with E-state index in [0.29, 0.717) is 11.7 Å². The summed E-state index contributed by atoms with van der Waals surface area (Å²) < 4.78 is 6.83. The lowest BCUT2D eigenvalue weighted by molar-refractivity contribution is 0.0520. The highest BCUT2D eigenvalue weighted by Gasteiger charge is 2.22. The summed E-state index contributed by atoms with van der Waals surface area (Å²) in [6.45, 7) is 4.04. The second-order valence-corrected chi connectivity index (χ2v) is 7.53. The van der Waals surface area contributed by atoms with E-state index in [4.69, 9.17) is 9.84 Å². The number of hydrogen-bond donors (Lipinski definition) is 1. The third kappa shape index (κ3) is 3.77. The van der Waals surface area contributed by atoms with E-state index < -0.39 is 5.97 Å². The normalized spacial score (nSPS) is 10.9. The largest absolute Gasteiger partial charge is 0.461 e. The number of benzene rings is 2. The summed E-state index contributed by atoms with van der Waals surface area (Å²) >= 11 is 1.33. The number of carbonyl (C=O) groups excluding carboxylic acids is 1. The van der Waals surface area contributed by atoms with Gasteiger partial charge in [-0.1, -0.05) is 48.5 Å². The summed E-state index contributed by atoms with van der Waals surface area (Å²) in [5.41, 5.74) is 5.69. The van der Waals surface area contributed by atoms with Crippen molar-refractivity contribution in [2.45, 2.75) is 20.5 Å². The quantitative estimate of drug-likeness (QED) is 0.461. The van der Waals surface area contributed by atoms with Gasteiger partial charge in [0.15, 0.2) is 5.69 Å². The SMILES string of the molecule is CCOC(=O)c1csc(-n2nc(-c3ccccc3)c(C)c2-c2cccc(CO)c2)n1. The van der Waals surface area contributed by atoms with Crippen molar-refractivity contribution in [3.8, 4) is 27.6 Å². The molecule has 0 aliphatic carbocycles. The molecule has 0 unspecified atom stereocenters. The lowest BCUT2D eigenvalue weighted by Crippen LogP contribution is -2.06. The number of aromatic nitrogens is 3. The Morgan fingerprint density at radius 1 is 1.13 bits per heavy atom. The average Bonchev–Trinajstić information content (AvgIpc) is 3.39. The molecular weight excluding hydrogens is 398 g/mol. The van der Waals surface area contributed by atoms with Crippen LogP contribution < -0.4 is 0 Å². The predicted octanol–water partition coefficient (Wildman–Crippen LogP) is 4.64. The molecule has 2 aromatic carbocycles. The van der Waals surface area contributed by atoms with E-state index in [1.54, 1.807) is 17.0 Å². The summed E-state index contributed by atoms with van der Waals surface area (Å²) in [6.07, 6.45) is 0. The first-order valence-corrected chi connectivity index (χ1v) is 10.5. The Morgan fingerprint density at radius 3 is 2.63 bits per heavy atom. The number of ether oxygens (including phenoxy) is 1. The van der Waals surface area contributed by atoms with Crippen molar-refractivity contribution in [1.82, 2.24) is 14.8 Å². The molecule has 2 aromatic heterocycles. The molecule has 2 heterocycles. The number of thiazole rings is 1. The number of aliphatic hydroxyl groups excluding tert-OH is 1. The van der Waals surface area contributed by atoms with Crippen molar-refractivity contribution >= 4 is 17.3 Å². The minimum atomic E-state index is -0.448. The molecule has 0 saturated heterocycles. The van der Waals surface area contributed by atoms with Crippen LogP contribution in [-0.4, -0.2) is 32.4 Å². The van der Waals surface area contributed by atoms with Gasteiger partial charge >= 0.3 is 5.97 Å². The molecule has 1 N–H and O–H groups in total. The van der Waals surface area contributed by atoms with Gasteiger partial charge in [-0.15, -0.1) is 11.3 Å². The molecule has 0 fully saturated rings. The second kappa shape index (κ2) is 8.61. The van der Waals surface area contributed by atoms with Gasteiger partial charge in [-0.05, 0) is 25.5 Å². The molecule has 152 valence electrons. The fraction of sp³-hybridized carbons (Fsp3) is 0.174. The molecule has 4 aromatic rings. The molecule has 0 saturated carbocycles. The lowest BCUT2D eigenvalue weighted by Gasteiger charge is -2.07. The highest BCUT2D eigenvalue weighted by atomic mass is 32.1. The highest BCUT2D eigenvalue weighted by Crippen LogP contribution is 2.34. The number of carbonyl (C=O) groups is 1. The first kappa shape index (κ1) is 20.0. The van der Waals surface area contributed by atoms with Gasteiger partial charge in [0.25, 0.3) is 0 Å². The van der Waals surface area contributed by atoms with E-state index in [9.17, 15) is 9.90 Å². The van der Waals surface area contributed by atoms with Gasteiger partial charge in [0.05, 0.1) is 24.6 Å². The number of rotatable bonds is 6. The van der Waals surface area contributed by atoms with Crippen molar-refractivity contribution in [3.05, 3.63) is 76.8 Å². The van der Waals surface area contributed by atoms with Crippen LogP contribution in [0.2, 0.25) is 0 Å². The predicted molar refractivity (Wildman–Crippen MR) is 117 cm³/mol. The minimum Gasteiger partial charge on any atom is -0.461 e. The van der Waals surface area contributed by atoms with E-state index in [0.717, 1.165) is 33.6 Å². The Balaban J connectivity index is 1.90. The van der Waals surface area contributed by atoms with E-state index in [1.807, 2.05) is 61.5 Å². The molecule has 6 nitrogen and oxygen atoms in total. The van der Waals surface area contributed by atoms with Crippen molar-refractivity contribution < 1.29 is 14.6 Å². The second-order valence-electron chi connectivity index (χ2n) is 6.69. The zero-order valence-corrected chi connectivity index (χ0v) is 17.5. The third-order valence-electron chi connectivity index (χ3n) is 4.71. The fourth-order valence-corrected chi connectivity index (χ4v) is 4.07. The van der Waals surface area contributed by atoms with Crippen molar-refractivity contribution in [2.24, 2.45) is 0 Å². The molecule has 30 heavy (non-hydrogen) atoms. The highest BCUT2D eigenvalue weighted by molar-refractivity contribution is 7.12. The number of hydrogen-bond acceptors (Lipinski definition) is 6. The Kier molecular flexibility index (Phi) is 5.74. The van der Waals surface area contributed by atoms with E-state index in [-0.39, 0.29) is 12.3 Å². The molecule has 0 atom stereocenters. The lowest BCUT2D eigenvalue weighted by atomic mass is 10.0. The zero-order chi connectivity index (χ0) is 21.1. The maximum absolute atomic E-state index is 12.1. The van der Waals surface area contributed by atoms with Crippen LogP contribution in [0.1, 0.15) is 28.5 Å². The number of aliphatic hydroxyl groups is 1. The first-order chi connectivity index (χ1) is 14.6. The summed E-state index contributed by atoms with van der Waals surface area (Å²) in [4.78, 5) is 16.6. The van der Waals surface area contributed by atoms with Gasteiger partial charge in [0.1, 0.15) is 0 Å². The van der Waals surface area contributed by atoms with Crippen molar-refractivity contribution in [2.75, 3.05) is 6.61 Å². The van der Waals surface area contributed by atoms with Gasteiger partial charge in [0, 0.05) is 22.1 Å². The van der Waals surface area contributed by atoms with Gasteiger partial charge in [0.2, 0.25) is 5.13 Å². The zero-order valence-electron chi connectivity index (χ0n) is 16.7. The van der Waals surface area contributed by atoms with Crippen LogP contribution in [0.4, 0.5) is 0 Å². The Morgan fingerprint density at radius 2 is 1.90 bits per heavy atom. The van der Waals surface area contributed by atoms with Gasteiger partial charge < -0.3 is 9.84 Å². The van der Waals surface area contributed by atoms with Crippen LogP contribution in [0.15, 0.2) is 60.0 Å². The Bertz CT molecular complexity index is 1180. The number of nitrogens with zero attached hydrogens (tertiary/aromatic N) is 3. The molecule has 0 bridgehead atoms. The molecule has 0 spiro atoms. The van der Waals surface area contributed by atoms with Crippen LogP contribution in [0, 0.1) is 6.92 Å². The molecule has 4 rings (SSSR count). The topological polar surface area (TPSA) is 77.2 Å².